The molecule has 0 radical (unpaired) electrons. The number of rotatable bonds is 5. The Labute approximate surface area is 147 Å². The monoisotopic (exact) mass is 341 g/mol. The van der Waals surface area contributed by atoms with E-state index in [0.29, 0.717) is 16.7 Å². The minimum Gasteiger partial charge on any atom is -0.489 e. The van der Waals surface area contributed by atoms with E-state index in [1.165, 1.54) is 31.1 Å². The standard InChI is InChI=1S/C20H23NO4/c1-13-4-9-19(14(2)10-13)25-12-17-11-16(15-5-6-15)7-8-18(17)21(23)20(22)24-3/h4,7-11,15,23H,5-6,12H2,1-3H3. The summed E-state index contributed by atoms with van der Waals surface area (Å²) in [5, 5.41) is 10.6. The molecule has 0 aromatic heterocycles. The zero-order valence-corrected chi connectivity index (χ0v) is 14.8. The predicted molar refractivity (Wildman–Crippen MR) is 95.3 cm³/mol. The SMILES string of the molecule is COC(=O)N(O)c1ccc(C2CC2)cc1COc1ccc(C)cc1C. The summed E-state index contributed by atoms with van der Waals surface area (Å²) in [6.07, 6.45) is 1.53. The number of anilines is 1. The van der Waals surface area contributed by atoms with E-state index in [1.54, 1.807) is 6.07 Å². The molecule has 0 atom stereocenters. The van der Waals surface area contributed by atoms with Crippen LogP contribution in [-0.2, 0) is 11.3 Å². The molecule has 0 saturated heterocycles. The van der Waals surface area contributed by atoms with Crippen LogP contribution in [-0.4, -0.2) is 18.4 Å². The highest BCUT2D eigenvalue weighted by atomic mass is 16.6. The molecule has 2 aromatic rings. The van der Waals surface area contributed by atoms with Gasteiger partial charge in [-0.15, -0.1) is 0 Å². The van der Waals surface area contributed by atoms with E-state index in [0.717, 1.165) is 16.9 Å². The summed E-state index contributed by atoms with van der Waals surface area (Å²) in [5.41, 5.74) is 4.56. The number of aryl methyl sites for hydroxylation is 2. The molecule has 0 aliphatic heterocycles. The zero-order valence-electron chi connectivity index (χ0n) is 14.8. The van der Waals surface area contributed by atoms with Crippen LogP contribution in [0, 0.1) is 13.8 Å². The first-order chi connectivity index (χ1) is 12.0. The number of hydrogen-bond acceptors (Lipinski definition) is 4. The lowest BCUT2D eigenvalue weighted by molar-refractivity contribution is 0.140. The maximum atomic E-state index is 11.7. The Bertz CT molecular complexity index is 783. The van der Waals surface area contributed by atoms with Gasteiger partial charge in [0.05, 0.1) is 12.8 Å². The van der Waals surface area contributed by atoms with Crippen LogP contribution in [0.25, 0.3) is 0 Å². The molecule has 5 heteroatoms. The first kappa shape index (κ1) is 17.3. The minimum absolute atomic E-state index is 0.258. The molecular weight excluding hydrogens is 318 g/mol. The molecular formula is C20H23NO4. The molecule has 0 spiro atoms. The quantitative estimate of drug-likeness (QED) is 0.631. The summed E-state index contributed by atoms with van der Waals surface area (Å²) in [7, 11) is 1.23. The second-order valence-electron chi connectivity index (χ2n) is 6.50. The molecule has 1 N–H and O–H groups in total. The lowest BCUT2D eigenvalue weighted by Crippen LogP contribution is -2.28. The van der Waals surface area contributed by atoms with Crippen LogP contribution >= 0.6 is 0 Å². The van der Waals surface area contributed by atoms with E-state index < -0.39 is 6.09 Å². The van der Waals surface area contributed by atoms with Crippen LogP contribution in [0.1, 0.15) is 41.0 Å². The molecule has 5 nitrogen and oxygen atoms in total. The van der Waals surface area contributed by atoms with Crippen molar-refractivity contribution >= 4 is 11.8 Å². The average Bonchev–Trinajstić information content (AvgIpc) is 3.44. The largest absolute Gasteiger partial charge is 0.489 e. The fourth-order valence-corrected chi connectivity index (χ4v) is 2.90. The third-order valence-electron chi connectivity index (χ3n) is 4.44. The van der Waals surface area contributed by atoms with E-state index in [9.17, 15) is 10.0 Å². The number of hydroxylamine groups is 1. The van der Waals surface area contributed by atoms with Crippen molar-refractivity contribution in [1.82, 2.24) is 0 Å². The lowest BCUT2D eigenvalue weighted by atomic mass is 10.1. The molecule has 25 heavy (non-hydrogen) atoms. The van der Waals surface area contributed by atoms with Gasteiger partial charge in [-0.05, 0) is 61.9 Å². The van der Waals surface area contributed by atoms with Gasteiger partial charge in [0.1, 0.15) is 12.4 Å². The highest BCUT2D eigenvalue weighted by Crippen LogP contribution is 2.41. The number of carbonyl (C=O) groups excluding carboxylic acids is 1. The zero-order chi connectivity index (χ0) is 18.0. The Morgan fingerprint density at radius 1 is 1.20 bits per heavy atom. The van der Waals surface area contributed by atoms with E-state index in [-0.39, 0.29) is 6.61 Å². The number of hydrogen-bond donors (Lipinski definition) is 1. The van der Waals surface area contributed by atoms with Crippen molar-refractivity contribution in [2.45, 2.75) is 39.2 Å². The van der Waals surface area contributed by atoms with Gasteiger partial charge in [-0.2, -0.15) is 5.06 Å². The molecule has 0 bridgehead atoms. The Hall–Kier alpha value is -2.53. The van der Waals surface area contributed by atoms with Crippen LogP contribution in [0.15, 0.2) is 36.4 Å². The van der Waals surface area contributed by atoms with Crippen molar-refractivity contribution in [3.63, 3.8) is 0 Å². The third kappa shape index (κ3) is 3.94. The molecule has 1 aliphatic carbocycles. The highest BCUT2D eigenvalue weighted by Gasteiger charge is 2.26. The van der Waals surface area contributed by atoms with Gasteiger partial charge in [0.15, 0.2) is 0 Å². The summed E-state index contributed by atoms with van der Waals surface area (Å²) in [6, 6.07) is 11.7. The van der Waals surface area contributed by atoms with E-state index in [1.807, 2.05) is 38.1 Å². The van der Waals surface area contributed by atoms with E-state index in [2.05, 4.69) is 10.8 Å². The smallest absolute Gasteiger partial charge is 0.438 e. The summed E-state index contributed by atoms with van der Waals surface area (Å²) in [4.78, 5) is 11.7. The summed E-state index contributed by atoms with van der Waals surface area (Å²) >= 11 is 0. The second-order valence-corrected chi connectivity index (χ2v) is 6.50. The topological polar surface area (TPSA) is 59.0 Å². The summed E-state index contributed by atoms with van der Waals surface area (Å²) in [5.74, 6) is 1.36. The van der Waals surface area contributed by atoms with Crippen LogP contribution in [0.2, 0.25) is 0 Å². The summed E-state index contributed by atoms with van der Waals surface area (Å²) in [6.45, 7) is 4.29. The summed E-state index contributed by atoms with van der Waals surface area (Å²) < 4.78 is 10.5. The molecule has 3 rings (SSSR count). The number of nitrogens with zero attached hydrogens (tertiary/aromatic N) is 1. The highest BCUT2D eigenvalue weighted by molar-refractivity contribution is 5.86. The Morgan fingerprint density at radius 3 is 2.60 bits per heavy atom. The fourth-order valence-electron chi connectivity index (χ4n) is 2.90. The minimum atomic E-state index is -0.827. The van der Waals surface area contributed by atoms with Crippen LogP contribution in [0.3, 0.4) is 0 Å². The van der Waals surface area contributed by atoms with E-state index >= 15 is 0 Å². The second kappa shape index (κ2) is 7.15. The lowest BCUT2D eigenvalue weighted by Gasteiger charge is -2.19. The van der Waals surface area contributed by atoms with Crippen molar-refractivity contribution in [2.75, 3.05) is 12.2 Å². The number of amides is 1. The van der Waals surface area contributed by atoms with Gasteiger partial charge in [-0.3, -0.25) is 5.21 Å². The number of benzene rings is 2. The number of ether oxygens (including phenoxy) is 2. The Morgan fingerprint density at radius 2 is 1.96 bits per heavy atom. The van der Waals surface area contributed by atoms with Gasteiger partial charge in [0.2, 0.25) is 0 Å². The molecule has 0 heterocycles. The van der Waals surface area contributed by atoms with Crippen LogP contribution < -0.4 is 9.80 Å². The van der Waals surface area contributed by atoms with E-state index in [4.69, 9.17) is 4.74 Å². The van der Waals surface area contributed by atoms with Gasteiger partial charge in [0, 0.05) is 5.56 Å². The van der Waals surface area contributed by atoms with Crippen LogP contribution in [0.5, 0.6) is 5.75 Å². The average molecular weight is 341 g/mol. The normalized spacial score (nSPS) is 13.4. The van der Waals surface area contributed by atoms with Crippen molar-refractivity contribution in [3.05, 3.63) is 58.7 Å². The maximum absolute atomic E-state index is 11.7. The molecule has 1 saturated carbocycles. The first-order valence-electron chi connectivity index (χ1n) is 8.39. The number of carbonyl (C=O) groups is 1. The van der Waals surface area contributed by atoms with Gasteiger partial charge >= 0.3 is 6.09 Å². The molecule has 132 valence electrons. The third-order valence-corrected chi connectivity index (χ3v) is 4.44. The Kier molecular flexibility index (Phi) is 4.95. The molecule has 1 fully saturated rings. The Balaban J connectivity index is 1.86. The van der Waals surface area contributed by atoms with Gasteiger partial charge < -0.3 is 9.47 Å². The fraction of sp³-hybridized carbons (Fsp3) is 0.350. The molecule has 2 aromatic carbocycles. The molecule has 0 unspecified atom stereocenters. The van der Waals surface area contributed by atoms with Gasteiger partial charge in [-0.25, -0.2) is 4.79 Å². The van der Waals surface area contributed by atoms with Gasteiger partial charge in [0.25, 0.3) is 0 Å². The van der Waals surface area contributed by atoms with Crippen molar-refractivity contribution in [3.8, 4) is 5.75 Å². The predicted octanol–water partition coefficient (Wildman–Crippen LogP) is 4.72. The molecule has 1 amide bonds. The van der Waals surface area contributed by atoms with Crippen molar-refractivity contribution in [2.24, 2.45) is 0 Å². The molecule has 1 aliphatic rings. The van der Waals surface area contributed by atoms with Crippen LogP contribution in [0.4, 0.5) is 10.5 Å². The maximum Gasteiger partial charge on any atom is 0.438 e. The number of methoxy groups -OCH3 is 1. The van der Waals surface area contributed by atoms with Crippen molar-refractivity contribution in [1.29, 1.82) is 0 Å². The first-order valence-corrected chi connectivity index (χ1v) is 8.39. The van der Waals surface area contributed by atoms with Crippen molar-refractivity contribution < 1.29 is 19.5 Å². The van der Waals surface area contributed by atoms with Gasteiger partial charge in [-0.1, -0.05) is 23.8 Å².